The Balaban J connectivity index is 2.68. The smallest absolute Gasteiger partial charge is 0.0947 e. The van der Waals surface area contributed by atoms with E-state index in [4.69, 9.17) is 21.4 Å². The molecular formula is C3H7B2NO. The molecule has 2 N–H and O–H groups in total. The molecule has 0 aliphatic heterocycles. The van der Waals surface area contributed by atoms with Crippen molar-refractivity contribution in [1.29, 1.82) is 0 Å². The first-order chi connectivity index (χ1) is 3.27. The van der Waals surface area contributed by atoms with Crippen molar-refractivity contribution in [2.75, 3.05) is 13.2 Å². The Hall–Kier alpha value is 0.0499. The maximum Gasteiger partial charge on any atom is 0.0947 e. The van der Waals surface area contributed by atoms with E-state index in [9.17, 15) is 0 Å². The van der Waals surface area contributed by atoms with Crippen LogP contribution in [0.3, 0.4) is 0 Å². The molecule has 0 atom stereocenters. The minimum absolute atomic E-state index is 0.428. The van der Waals surface area contributed by atoms with Gasteiger partial charge in [-0.15, -0.1) is 0 Å². The lowest BCUT2D eigenvalue weighted by atomic mass is 9.82. The van der Waals surface area contributed by atoms with Crippen molar-refractivity contribution in [1.82, 2.24) is 0 Å². The van der Waals surface area contributed by atoms with E-state index < -0.39 is 5.90 Å². The van der Waals surface area contributed by atoms with Gasteiger partial charge in [0.1, 0.15) is 0 Å². The maximum absolute atomic E-state index is 5.04. The number of hydrogen-bond donors (Lipinski definition) is 1. The van der Waals surface area contributed by atoms with Gasteiger partial charge in [-0.2, -0.15) is 0 Å². The summed E-state index contributed by atoms with van der Waals surface area (Å²) in [6, 6.07) is 0. The highest BCUT2D eigenvalue weighted by atomic mass is 16.5. The van der Waals surface area contributed by atoms with E-state index in [2.05, 4.69) is 4.74 Å². The van der Waals surface area contributed by atoms with E-state index in [0.717, 1.165) is 0 Å². The van der Waals surface area contributed by atoms with Crippen LogP contribution in [0.2, 0.25) is 0 Å². The van der Waals surface area contributed by atoms with Crippen LogP contribution in [0.1, 0.15) is 0 Å². The number of nitrogens with two attached hydrogens (primary N) is 1. The van der Waals surface area contributed by atoms with Gasteiger partial charge in [0, 0.05) is 6.54 Å². The average Bonchev–Trinajstić information content (AvgIpc) is 1.61. The highest BCUT2D eigenvalue weighted by Gasteiger charge is 1.86. The second-order valence-electron chi connectivity index (χ2n) is 1.12. The Labute approximate surface area is 46.2 Å². The fourth-order valence-electron chi connectivity index (χ4n) is 0.204. The van der Waals surface area contributed by atoms with Crippen LogP contribution in [-0.4, -0.2) is 34.7 Å². The Bertz CT molecular complexity index is 41.9. The Kier molecular flexibility index (Phi) is 4.25. The van der Waals surface area contributed by atoms with E-state index in [1.807, 2.05) is 0 Å². The molecule has 2 nitrogen and oxygen atoms in total. The standard InChI is InChI=1S/C3H7B2NO/c4-3(5)7-2-1-6/h3H,1-2,6H2. The average molecular weight is 94.7 g/mol. The summed E-state index contributed by atoms with van der Waals surface area (Å²) in [6.45, 7) is 0.891. The summed E-state index contributed by atoms with van der Waals surface area (Å²) in [5, 5.41) is 0. The van der Waals surface area contributed by atoms with Crippen LogP contribution in [0.25, 0.3) is 0 Å². The highest BCUT2D eigenvalue weighted by molar-refractivity contribution is 6.34. The summed E-state index contributed by atoms with van der Waals surface area (Å²) in [7, 11) is 9.96. The van der Waals surface area contributed by atoms with E-state index in [1.54, 1.807) is 0 Å². The van der Waals surface area contributed by atoms with Crippen molar-refractivity contribution < 1.29 is 4.74 Å². The lowest BCUT2D eigenvalue weighted by Gasteiger charge is -2.03. The third-order valence-electron chi connectivity index (χ3n) is 0.428. The molecule has 0 spiro atoms. The Morgan fingerprint density at radius 1 is 1.57 bits per heavy atom. The molecule has 0 heterocycles. The minimum atomic E-state index is -0.677. The van der Waals surface area contributed by atoms with Gasteiger partial charge in [0.25, 0.3) is 0 Å². The molecule has 0 aromatic carbocycles. The van der Waals surface area contributed by atoms with Crippen molar-refractivity contribution in [2.24, 2.45) is 5.73 Å². The lowest BCUT2D eigenvalue weighted by Crippen LogP contribution is -2.17. The van der Waals surface area contributed by atoms with E-state index in [0.29, 0.717) is 13.2 Å². The molecule has 0 aromatic heterocycles. The summed E-state index contributed by atoms with van der Waals surface area (Å²) in [5.74, 6) is -0.677. The molecule has 0 fully saturated rings. The predicted molar refractivity (Wildman–Crippen MR) is 30.3 cm³/mol. The molecular weight excluding hydrogens is 87.7 g/mol. The van der Waals surface area contributed by atoms with Crippen molar-refractivity contribution in [2.45, 2.75) is 5.90 Å². The first kappa shape index (κ1) is 7.05. The molecule has 0 saturated carbocycles. The van der Waals surface area contributed by atoms with Crippen LogP contribution in [0.15, 0.2) is 0 Å². The van der Waals surface area contributed by atoms with Gasteiger partial charge in [-0.25, -0.2) is 0 Å². The molecule has 0 amide bonds. The summed E-state index contributed by atoms with van der Waals surface area (Å²) >= 11 is 0. The zero-order valence-electron chi connectivity index (χ0n) is 4.13. The van der Waals surface area contributed by atoms with Crippen molar-refractivity contribution in [3.8, 4) is 0 Å². The second-order valence-corrected chi connectivity index (χ2v) is 1.12. The van der Waals surface area contributed by atoms with Gasteiger partial charge in [-0.3, -0.25) is 0 Å². The molecule has 0 aromatic rings. The molecule has 0 bridgehead atoms. The van der Waals surface area contributed by atoms with Crippen LogP contribution in [0, 0.1) is 0 Å². The van der Waals surface area contributed by atoms with E-state index in [1.165, 1.54) is 0 Å². The Morgan fingerprint density at radius 3 is 2.29 bits per heavy atom. The maximum atomic E-state index is 5.04. The van der Waals surface area contributed by atoms with Gasteiger partial charge in [-0.1, -0.05) is 0 Å². The van der Waals surface area contributed by atoms with Gasteiger partial charge < -0.3 is 10.5 Å². The Morgan fingerprint density at radius 2 is 2.14 bits per heavy atom. The van der Waals surface area contributed by atoms with Crippen LogP contribution >= 0.6 is 0 Å². The first-order valence-corrected chi connectivity index (χ1v) is 2.10. The van der Waals surface area contributed by atoms with Gasteiger partial charge in [0.05, 0.1) is 22.3 Å². The van der Waals surface area contributed by atoms with Gasteiger partial charge in [-0.05, 0) is 5.90 Å². The van der Waals surface area contributed by atoms with Gasteiger partial charge >= 0.3 is 0 Å². The molecule has 0 unspecified atom stereocenters. The lowest BCUT2D eigenvalue weighted by molar-refractivity contribution is 0.162. The molecule has 0 saturated heterocycles. The molecule has 0 aliphatic carbocycles. The number of ether oxygens (including phenoxy) is 1. The molecule has 4 radical (unpaired) electrons. The molecule has 0 rings (SSSR count). The van der Waals surface area contributed by atoms with Crippen molar-refractivity contribution in [3.05, 3.63) is 0 Å². The summed E-state index contributed by atoms with van der Waals surface area (Å²) < 4.78 is 4.62. The summed E-state index contributed by atoms with van der Waals surface area (Å²) in [6.07, 6.45) is 0. The van der Waals surface area contributed by atoms with Crippen molar-refractivity contribution in [3.63, 3.8) is 0 Å². The zero-order valence-corrected chi connectivity index (χ0v) is 4.13. The summed E-state index contributed by atoms with van der Waals surface area (Å²) in [4.78, 5) is 0. The first-order valence-electron chi connectivity index (χ1n) is 2.10. The number of hydrogen-bond acceptors (Lipinski definition) is 2. The SMILES string of the molecule is [B]C([B])OCCN. The monoisotopic (exact) mass is 95.1 g/mol. The molecule has 7 heavy (non-hydrogen) atoms. The normalized spacial score (nSPS) is 10.0. The van der Waals surface area contributed by atoms with E-state index >= 15 is 0 Å². The van der Waals surface area contributed by atoms with Crippen LogP contribution in [0.4, 0.5) is 0 Å². The van der Waals surface area contributed by atoms with Gasteiger partial charge in [0.2, 0.25) is 0 Å². The zero-order chi connectivity index (χ0) is 5.70. The highest BCUT2D eigenvalue weighted by Crippen LogP contribution is 1.73. The molecule has 4 heteroatoms. The second kappa shape index (κ2) is 4.22. The fourth-order valence-corrected chi connectivity index (χ4v) is 0.204. The number of rotatable bonds is 3. The molecule has 0 aliphatic rings. The topological polar surface area (TPSA) is 35.2 Å². The van der Waals surface area contributed by atoms with Crippen LogP contribution in [-0.2, 0) is 4.74 Å². The van der Waals surface area contributed by atoms with E-state index in [-0.39, 0.29) is 0 Å². The fraction of sp³-hybridized carbons (Fsp3) is 1.00. The van der Waals surface area contributed by atoms with Crippen molar-refractivity contribution >= 4 is 15.7 Å². The third kappa shape index (κ3) is 6.05. The van der Waals surface area contributed by atoms with Crippen LogP contribution in [0.5, 0.6) is 0 Å². The minimum Gasteiger partial charge on any atom is -0.396 e. The summed E-state index contributed by atoms with van der Waals surface area (Å²) in [5.41, 5.74) is 5.04. The quantitative estimate of drug-likeness (QED) is 0.436. The third-order valence-corrected chi connectivity index (χ3v) is 0.428. The van der Waals surface area contributed by atoms with Gasteiger partial charge in [0.15, 0.2) is 0 Å². The predicted octanol–water partition coefficient (Wildman–Crippen LogP) is -1.42. The van der Waals surface area contributed by atoms with Crippen LogP contribution < -0.4 is 5.73 Å². The molecule has 36 valence electrons. The largest absolute Gasteiger partial charge is 0.396 e.